The number of anilines is 2. The van der Waals surface area contributed by atoms with Gasteiger partial charge in [0.15, 0.2) is 11.5 Å². The van der Waals surface area contributed by atoms with Gasteiger partial charge >= 0.3 is 5.97 Å². The summed E-state index contributed by atoms with van der Waals surface area (Å²) in [4.78, 5) is 17.2. The third kappa shape index (κ3) is 3.19. The van der Waals surface area contributed by atoms with Crippen LogP contribution in [0, 0.1) is 0 Å². The molecule has 0 bridgehead atoms. The van der Waals surface area contributed by atoms with E-state index in [1.807, 2.05) is 4.90 Å². The van der Waals surface area contributed by atoms with Gasteiger partial charge in [-0.15, -0.1) is 0 Å². The third-order valence-electron chi connectivity index (χ3n) is 3.75. The largest absolute Gasteiger partial charge is 0.477 e. The second-order valence-electron chi connectivity index (χ2n) is 5.12. The van der Waals surface area contributed by atoms with Crippen LogP contribution in [0.5, 0.6) is 0 Å². The second kappa shape index (κ2) is 6.56. The number of rotatable bonds is 5. The van der Waals surface area contributed by atoms with Gasteiger partial charge in [0, 0.05) is 12.6 Å². The normalized spacial score (nSPS) is 16.1. The fraction of sp³-hybridized carbons (Fsp3) is 0.571. The molecule has 110 valence electrons. The van der Waals surface area contributed by atoms with Crippen molar-refractivity contribution < 1.29 is 15.0 Å². The van der Waals surface area contributed by atoms with E-state index in [4.69, 9.17) is 10.8 Å². The highest BCUT2D eigenvalue weighted by molar-refractivity contribution is 5.87. The number of hydrogen-bond donors (Lipinski definition) is 3. The van der Waals surface area contributed by atoms with Gasteiger partial charge in [-0.25, -0.2) is 9.78 Å². The number of nitrogens with zero attached hydrogens (tertiary/aromatic N) is 2. The van der Waals surface area contributed by atoms with Crippen LogP contribution in [0.4, 0.5) is 11.5 Å². The van der Waals surface area contributed by atoms with E-state index in [2.05, 4.69) is 4.98 Å². The first-order valence-corrected chi connectivity index (χ1v) is 7.01. The van der Waals surface area contributed by atoms with E-state index in [0.717, 1.165) is 25.7 Å². The summed E-state index contributed by atoms with van der Waals surface area (Å²) in [6, 6.07) is 3.24. The molecule has 20 heavy (non-hydrogen) atoms. The zero-order valence-electron chi connectivity index (χ0n) is 11.5. The summed E-state index contributed by atoms with van der Waals surface area (Å²) < 4.78 is 0. The molecule has 6 heteroatoms. The first-order chi connectivity index (χ1) is 9.63. The molecule has 0 unspecified atom stereocenters. The smallest absolute Gasteiger partial charge is 0.354 e. The van der Waals surface area contributed by atoms with Gasteiger partial charge in [-0.2, -0.15) is 0 Å². The summed E-state index contributed by atoms with van der Waals surface area (Å²) in [6.07, 6.45) is 5.56. The molecule has 0 atom stereocenters. The van der Waals surface area contributed by atoms with Crippen LogP contribution in [0.25, 0.3) is 0 Å². The fourth-order valence-electron chi connectivity index (χ4n) is 2.77. The molecule has 0 aromatic carbocycles. The lowest BCUT2D eigenvalue weighted by Gasteiger charge is -2.35. The summed E-state index contributed by atoms with van der Waals surface area (Å²) >= 11 is 0. The number of aliphatic hydroxyl groups excluding tert-OH is 1. The van der Waals surface area contributed by atoms with E-state index < -0.39 is 5.97 Å². The minimum atomic E-state index is -1.07. The number of carbonyl (C=O) groups is 1. The van der Waals surface area contributed by atoms with Gasteiger partial charge in [0.25, 0.3) is 0 Å². The molecular weight excluding hydrogens is 258 g/mol. The Balaban J connectivity index is 2.31. The number of aromatic carboxylic acids is 1. The Morgan fingerprint density at radius 2 is 2.05 bits per heavy atom. The minimum Gasteiger partial charge on any atom is -0.477 e. The molecule has 0 saturated heterocycles. The summed E-state index contributed by atoms with van der Waals surface area (Å²) in [5, 5.41) is 18.3. The van der Waals surface area contributed by atoms with Gasteiger partial charge in [-0.05, 0) is 25.0 Å². The van der Waals surface area contributed by atoms with Gasteiger partial charge in [0.1, 0.15) is 0 Å². The molecule has 1 aliphatic carbocycles. The summed E-state index contributed by atoms with van der Waals surface area (Å²) in [7, 11) is 0. The van der Waals surface area contributed by atoms with Gasteiger partial charge in [0.2, 0.25) is 0 Å². The number of nitrogens with two attached hydrogens (primary N) is 1. The number of pyridine rings is 1. The number of carboxylic acid groups (broad SMARTS) is 1. The molecule has 4 N–H and O–H groups in total. The fourth-order valence-corrected chi connectivity index (χ4v) is 2.77. The van der Waals surface area contributed by atoms with Crippen molar-refractivity contribution in [3.8, 4) is 0 Å². The van der Waals surface area contributed by atoms with Crippen LogP contribution in [-0.4, -0.2) is 40.4 Å². The third-order valence-corrected chi connectivity index (χ3v) is 3.75. The average molecular weight is 279 g/mol. The standard InChI is InChI=1S/C14H21N3O3/c15-11-6-7-12(14(19)20)16-13(11)17(8-9-18)10-4-2-1-3-5-10/h6-7,10,18H,1-5,8-9,15H2,(H,19,20). The summed E-state index contributed by atoms with van der Waals surface area (Å²) in [5.74, 6) is -0.593. The maximum Gasteiger partial charge on any atom is 0.354 e. The molecule has 1 aromatic heterocycles. The zero-order valence-corrected chi connectivity index (χ0v) is 11.5. The molecule has 1 saturated carbocycles. The zero-order chi connectivity index (χ0) is 14.5. The highest BCUT2D eigenvalue weighted by Crippen LogP contribution is 2.29. The Morgan fingerprint density at radius 1 is 1.35 bits per heavy atom. The second-order valence-corrected chi connectivity index (χ2v) is 5.12. The average Bonchev–Trinajstić information content (AvgIpc) is 2.46. The molecule has 0 amide bonds. The maximum absolute atomic E-state index is 11.0. The molecule has 0 spiro atoms. The van der Waals surface area contributed by atoms with Gasteiger partial charge < -0.3 is 20.8 Å². The molecule has 0 radical (unpaired) electrons. The van der Waals surface area contributed by atoms with Crippen LogP contribution in [-0.2, 0) is 0 Å². The van der Waals surface area contributed by atoms with Crippen LogP contribution in [0.2, 0.25) is 0 Å². The van der Waals surface area contributed by atoms with Gasteiger partial charge in [-0.1, -0.05) is 19.3 Å². The lowest BCUT2D eigenvalue weighted by Crippen LogP contribution is -2.40. The highest BCUT2D eigenvalue weighted by atomic mass is 16.4. The monoisotopic (exact) mass is 279 g/mol. The van der Waals surface area contributed by atoms with Crippen LogP contribution in [0.1, 0.15) is 42.6 Å². The van der Waals surface area contributed by atoms with Crippen molar-refractivity contribution in [2.24, 2.45) is 0 Å². The van der Waals surface area contributed by atoms with Crippen molar-refractivity contribution in [1.29, 1.82) is 0 Å². The van der Waals surface area contributed by atoms with Crippen molar-refractivity contribution >= 4 is 17.5 Å². The maximum atomic E-state index is 11.0. The molecular formula is C14H21N3O3. The predicted octanol–water partition coefficient (Wildman–Crippen LogP) is 1.49. The lowest BCUT2D eigenvalue weighted by atomic mass is 9.94. The van der Waals surface area contributed by atoms with Crippen LogP contribution in [0.3, 0.4) is 0 Å². The SMILES string of the molecule is Nc1ccc(C(=O)O)nc1N(CCO)C1CCCCC1. The van der Waals surface area contributed by atoms with Crippen molar-refractivity contribution in [2.45, 2.75) is 38.1 Å². The molecule has 1 fully saturated rings. The van der Waals surface area contributed by atoms with Crippen molar-refractivity contribution in [2.75, 3.05) is 23.8 Å². The molecule has 1 heterocycles. The van der Waals surface area contributed by atoms with E-state index in [0.29, 0.717) is 18.1 Å². The van der Waals surface area contributed by atoms with E-state index >= 15 is 0 Å². The van der Waals surface area contributed by atoms with Crippen molar-refractivity contribution in [3.63, 3.8) is 0 Å². The number of hydrogen-bond acceptors (Lipinski definition) is 5. The van der Waals surface area contributed by atoms with Gasteiger partial charge in [-0.3, -0.25) is 0 Å². The van der Waals surface area contributed by atoms with E-state index in [1.165, 1.54) is 12.5 Å². The topological polar surface area (TPSA) is 99.7 Å². The Hall–Kier alpha value is -1.82. The number of nitrogen functional groups attached to an aromatic ring is 1. The van der Waals surface area contributed by atoms with Crippen molar-refractivity contribution in [1.82, 2.24) is 4.98 Å². The van der Waals surface area contributed by atoms with E-state index in [9.17, 15) is 9.90 Å². The van der Waals surface area contributed by atoms with E-state index in [-0.39, 0.29) is 18.3 Å². The molecule has 1 aromatic rings. The molecule has 2 rings (SSSR count). The quantitative estimate of drug-likeness (QED) is 0.755. The number of carboxylic acids is 1. The first kappa shape index (κ1) is 14.6. The minimum absolute atomic E-state index is 0.00504. The van der Waals surface area contributed by atoms with Crippen LogP contribution in [0.15, 0.2) is 12.1 Å². The van der Waals surface area contributed by atoms with Crippen LogP contribution < -0.4 is 10.6 Å². The first-order valence-electron chi connectivity index (χ1n) is 7.01. The summed E-state index contributed by atoms with van der Waals surface area (Å²) in [6.45, 7) is 0.417. The number of aromatic nitrogens is 1. The number of aliphatic hydroxyl groups is 1. The Kier molecular flexibility index (Phi) is 4.79. The lowest BCUT2D eigenvalue weighted by molar-refractivity contribution is 0.0690. The Morgan fingerprint density at radius 3 is 2.65 bits per heavy atom. The summed E-state index contributed by atoms with van der Waals surface area (Å²) in [5.41, 5.74) is 6.38. The molecule has 0 aliphatic heterocycles. The van der Waals surface area contributed by atoms with Crippen LogP contribution >= 0.6 is 0 Å². The van der Waals surface area contributed by atoms with E-state index in [1.54, 1.807) is 6.07 Å². The van der Waals surface area contributed by atoms with Gasteiger partial charge in [0.05, 0.1) is 12.3 Å². The molecule has 6 nitrogen and oxygen atoms in total. The molecule has 1 aliphatic rings. The van der Waals surface area contributed by atoms with Crippen molar-refractivity contribution in [3.05, 3.63) is 17.8 Å². The Bertz CT molecular complexity index is 473. The highest BCUT2D eigenvalue weighted by Gasteiger charge is 2.24. The predicted molar refractivity (Wildman–Crippen MR) is 76.9 cm³/mol. The Labute approximate surface area is 118 Å².